The first kappa shape index (κ1) is 22.1. The minimum Gasteiger partial charge on any atom is -0.477 e. The maximum Gasteiger partial charge on any atom is 0.341 e. The van der Waals surface area contributed by atoms with Gasteiger partial charge < -0.3 is 14.9 Å². The highest BCUT2D eigenvalue weighted by molar-refractivity contribution is 8.76. The van der Waals surface area contributed by atoms with Crippen LogP contribution in [0.5, 0.6) is 5.75 Å². The molecule has 0 bridgehead atoms. The third kappa shape index (κ3) is 3.71. The van der Waals surface area contributed by atoms with Crippen LogP contribution in [0, 0.1) is 46.5 Å². The highest BCUT2D eigenvalue weighted by Crippen LogP contribution is 2.45. The molecule has 4 nitrogen and oxygen atoms in total. The number of carbonyl (C=O) groups is 1. The van der Waals surface area contributed by atoms with Gasteiger partial charge in [-0.3, -0.25) is 0 Å². The van der Waals surface area contributed by atoms with Crippen molar-refractivity contribution in [1.29, 1.82) is 0 Å². The lowest BCUT2D eigenvalue weighted by molar-refractivity contribution is 0.0682. The zero-order valence-corrected chi connectivity index (χ0v) is 14.4. The van der Waals surface area contributed by atoms with E-state index >= 15 is 0 Å². The van der Waals surface area contributed by atoms with Crippen LogP contribution in [-0.2, 0) is 0 Å². The van der Waals surface area contributed by atoms with E-state index in [0.717, 1.165) is 0 Å². The van der Waals surface area contributed by atoms with Gasteiger partial charge in [-0.2, -0.15) is 8.78 Å². The molecule has 0 aromatic heterocycles. The van der Waals surface area contributed by atoms with Crippen LogP contribution in [0.3, 0.4) is 0 Å². The van der Waals surface area contributed by atoms with Crippen molar-refractivity contribution >= 4 is 27.6 Å². The second-order valence-electron chi connectivity index (χ2n) is 4.62. The van der Waals surface area contributed by atoms with Crippen LogP contribution < -0.4 is 4.74 Å². The van der Waals surface area contributed by atoms with E-state index in [-0.39, 0.29) is 21.6 Å². The first-order valence-electron chi connectivity index (χ1n) is 6.57. The van der Waals surface area contributed by atoms with E-state index in [1.807, 2.05) is 0 Å². The molecule has 2 rings (SSSR count). The first-order chi connectivity index (χ1) is 13.0. The third-order valence-electron chi connectivity index (χ3n) is 3.04. The van der Waals surface area contributed by atoms with Crippen LogP contribution in [-0.4, -0.2) is 23.0 Å². The van der Waals surface area contributed by atoms with Crippen molar-refractivity contribution in [1.82, 2.24) is 0 Å². The summed E-state index contributed by atoms with van der Waals surface area (Å²) in [7, 11) is -0.720. The van der Waals surface area contributed by atoms with Gasteiger partial charge in [-0.25, -0.2) is 31.1 Å². The molecule has 0 aliphatic rings. The molecule has 0 unspecified atom stereocenters. The zero-order valence-electron chi connectivity index (χ0n) is 12.8. The normalized spacial score (nSPS) is 11.0. The van der Waals surface area contributed by atoms with E-state index in [2.05, 4.69) is 4.74 Å². The Morgan fingerprint density at radius 2 is 1.07 bits per heavy atom. The maximum atomic E-state index is 13.9. The number of aliphatic hydroxyl groups excluding tert-OH is 1. The summed E-state index contributed by atoms with van der Waals surface area (Å²) < 4.78 is 114. The van der Waals surface area contributed by atoms with Crippen LogP contribution in [0.15, 0.2) is 9.79 Å². The molecule has 152 valence electrons. The number of hydrogen-bond donors (Lipinski definition) is 2. The van der Waals surface area contributed by atoms with Crippen LogP contribution in [0.4, 0.5) is 35.1 Å². The monoisotopic (exact) mass is 452 g/mol. The van der Waals surface area contributed by atoms with Crippen molar-refractivity contribution < 1.29 is 54.9 Å². The van der Waals surface area contributed by atoms with Crippen molar-refractivity contribution in [2.75, 3.05) is 6.79 Å². The van der Waals surface area contributed by atoms with Gasteiger partial charge in [0.1, 0.15) is 5.56 Å². The fourth-order valence-corrected chi connectivity index (χ4v) is 4.01. The fourth-order valence-electron chi connectivity index (χ4n) is 1.81. The van der Waals surface area contributed by atoms with Gasteiger partial charge in [0.05, 0.1) is 9.79 Å². The summed E-state index contributed by atoms with van der Waals surface area (Å²) >= 11 is 0. The van der Waals surface area contributed by atoms with E-state index in [1.54, 1.807) is 0 Å². The van der Waals surface area contributed by atoms with E-state index in [4.69, 9.17) is 10.2 Å². The third-order valence-corrected chi connectivity index (χ3v) is 5.42. The molecular formula is C14H4F8O4S2. The SMILES string of the molecule is O=C(O)c1c(F)c(F)c(SSc2c(F)c(F)c(OCO)c(F)c2F)c(F)c1F. The topological polar surface area (TPSA) is 66.8 Å². The molecule has 0 spiro atoms. The lowest BCUT2D eigenvalue weighted by Crippen LogP contribution is -2.11. The average molecular weight is 452 g/mol. The van der Waals surface area contributed by atoms with Crippen LogP contribution in [0.25, 0.3) is 0 Å². The molecule has 28 heavy (non-hydrogen) atoms. The summed E-state index contributed by atoms with van der Waals surface area (Å²) in [5.74, 6) is -21.2. The van der Waals surface area contributed by atoms with Crippen molar-refractivity contribution in [3.63, 3.8) is 0 Å². The number of carboxylic acid groups (broad SMARTS) is 1. The summed E-state index contributed by atoms with van der Waals surface area (Å²) in [6.45, 7) is -1.33. The molecule has 2 aromatic carbocycles. The minimum absolute atomic E-state index is 0.350. The summed E-state index contributed by atoms with van der Waals surface area (Å²) in [5.41, 5.74) is -1.94. The summed E-state index contributed by atoms with van der Waals surface area (Å²) in [6, 6.07) is 0. The molecule has 0 saturated carbocycles. The highest BCUT2D eigenvalue weighted by Gasteiger charge is 2.32. The van der Waals surface area contributed by atoms with Gasteiger partial charge in [-0.1, -0.05) is 0 Å². The van der Waals surface area contributed by atoms with Crippen molar-refractivity contribution in [3.05, 3.63) is 52.1 Å². The maximum absolute atomic E-state index is 13.9. The summed E-state index contributed by atoms with van der Waals surface area (Å²) in [4.78, 5) is 7.63. The van der Waals surface area contributed by atoms with E-state index < -0.39 is 80.4 Å². The van der Waals surface area contributed by atoms with Gasteiger partial charge in [0, 0.05) is 0 Å². The minimum atomic E-state index is -2.32. The second kappa shape index (κ2) is 8.45. The summed E-state index contributed by atoms with van der Waals surface area (Å²) in [6.07, 6.45) is 0. The van der Waals surface area contributed by atoms with Gasteiger partial charge in [0.15, 0.2) is 47.4 Å². The highest BCUT2D eigenvalue weighted by atomic mass is 33.1. The van der Waals surface area contributed by atoms with Crippen molar-refractivity contribution in [2.45, 2.75) is 9.79 Å². The van der Waals surface area contributed by atoms with E-state index in [9.17, 15) is 39.9 Å². The standard InChI is InChI=1S/C14H4F8O4S2/c15-3-2(14(24)25)4(16)8(20)12(7(3)19)27-28-13-9(21)5(17)11(26-1-23)6(18)10(13)22/h23H,1H2,(H,24,25). The number of hydrogen-bond acceptors (Lipinski definition) is 5. The van der Waals surface area contributed by atoms with Gasteiger partial charge in [-0.05, 0) is 21.6 Å². The first-order valence-corrected chi connectivity index (χ1v) is 8.72. The smallest absolute Gasteiger partial charge is 0.341 e. The molecule has 0 heterocycles. The molecule has 0 saturated heterocycles. The van der Waals surface area contributed by atoms with Crippen molar-refractivity contribution in [3.8, 4) is 5.75 Å². The van der Waals surface area contributed by atoms with Crippen molar-refractivity contribution in [2.24, 2.45) is 0 Å². The van der Waals surface area contributed by atoms with Crippen LogP contribution in [0.1, 0.15) is 10.4 Å². The Morgan fingerprint density at radius 1 is 0.714 bits per heavy atom. The molecule has 0 aliphatic heterocycles. The molecule has 2 N–H and O–H groups in total. The largest absolute Gasteiger partial charge is 0.477 e. The quantitative estimate of drug-likeness (QED) is 0.289. The molecular weight excluding hydrogens is 448 g/mol. The Balaban J connectivity index is 2.50. The summed E-state index contributed by atoms with van der Waals surface area (Å²) in [5, 5.41) is 17.0. The predicted molar refractivity (Wildman–Crippen MR) is 78.9 cm³/mol. The second-order valence-corrected chi connectivity index (χ2v) is 6.77. The Kier molecular flexibility index (Phi) is 6.67. The Hall–Kier alpha value is -2.19. The Labute approximate surface area is 157 Å². The fraction of sp³-hybridized carbons (Fsp3) is 0.0714. The van der Waals surface area contributed by atoms with E-state index in [1.165, 1.54) is 0 Å². The van der Waals surface area contributed by atoms with Crippen LogP contribution >= 0.6 is 21.6 Å². The number of halogens is 8. The van der Waals surface area contributed by atoms with Crippen LogP contribution in [0.2, 0.25) is 0 Å². The molecule has 0 amide bonds. The van der Waals surface area contributed by atoms with E-state index in [0.29, 0.717) is 0 Å². The van der Waals surface area contributed by atoms with Gasteiger partial charge in [0.2, 0.25) is 11.6 Å². The molecule has 0 radical (unpaired) electrons. The lowest BCUT2D eigenvalue weighted by atomic mass is 10.2. The number of ether oxygens (including phenoxy) is 1. The number of benzene rings is 2. The number of aromatic carboxylic acids is 1. The molecule has 0 aliphatic carbocycles. The number of carboxylic acids is 1. The van der Waals surface area contributed by atoms with Gasteiger partial charge in [-0.15, -0.1) is 0 Å². The Bertz CT molecular complexity index is 911. The molecule has 2 aromatic rings. The molecule has 14 heteroatoms. The van der Waals surface area contributed by atoms with Gasteiger partial charge >= 0.3 is 5.97 Å². The number of rotatable bonds is 6. The average Bonchev–Trinajstić information content (AvgIpc) is 2.64. The zero-order chi connectivity index (χ0) is 21.3. The molecule has 0 fully saturated rings. The lowest BCUT2D eigenvalue weighted by Gasteiger charge is -2.12. The molecule has 0 atom stereocenters. The predicted octanol–water partition coefficient (Wildman–Crippen LogP) is 4.63. The number of aliphatic hydroxyl groups is 1. The van der Waals surface area contributed by atoms with Gasteiger partial charge in [0.25, 0.3) is 0 Å². The Morgan fingerprint density at radius 3 is 1.39 bits per heavy atom.